The normalized spacial score (nSPS) is 13.4. The first-order chi connectivity index (χ1) is 29.9. The Labute approximate surface area is 365 Å². The Morgan fingerprint density at radius 3 is 1.37 bits per heavy atom. The third-order valence-electron chi connectivity index (χ3n) is 9.52. The molecule has 336 valence electrons. The van der Waals surface area contributed by atoms with Crippen molar-refractivity contribution in [1.82, 2.24) is 37.2 Å². The second-order valence-corrected chi connectivity index (χ2v) is 15.3. The van der Waals surface area contributed by atoms with Gasteiger partial charge in [-0.15, -0.1) is 0 Å². The Hall–Kier alpha value is -7.37. The van der Waals surface area contributed by atoms with E-state index >= 15 is 0 Å². The molecule has 0 aliphatic rings. The van der Waals surface area contributed by atoms with Gasteiger partial charge in [0, 0.05) is 31.4 Å². The van der Waals surface area contributed by atoms with Crippen LogP contribution in [0.2, 0.25) is 0 Å². The molecule has 0 heterocycles. The van der Waals surface area contributed by atoms with E-state index in [1.807, 2.05) is 0 Å². The van der Waals surface area contributed by atoms with E-state index in [0.29, 0.717) is 16.7 Å². The number of amides is 8. The van der Waals surface area contributed by atoms with Gasteiger partial charge in [0.1, 0.15) is 30.2 Å². The number of hydrogen-bond acceptors (Lipinski definition) is 9. The van der Waals surface area contributed by atoms with Gasteiger partial charge in [-0.2, -0.15) is 0 Å². The zero-order chi connectivity index (χ0) is 46.5. The van der Waals surface area contributed by atoms with Gasteiger partial charge in [-0.1, -0.05) is 119 Å². The van der Waals surface area contributed by atoms with Crippen LogP contribution in [0.25, 0.3) is 0 Å². The molecule has 0 spiro atoms. The zero-order valence-corrected chi connectivity index (χ0v) is 35.6. The molecule has 0 unspecified atom stereocenters. The van der Waals surface area contributed by atoms with E-state index in [9.17, 15) is 48.3 Å². The van der Waals surface area contributed by atoms with E-state index in [4.69, 9.17) is 5.73 Å². The minimum Gasteiger partial charge on any atom is -0.480 e. The summed E-state index contributed by atoms with van der Waals surface area (Å²) in [6.45, 7) is 5.68. The highest BCUT2D eigenvalue weighted by Gasteiger charge is 2.33. The number of primary amides is 1. The average molecular weight is 869 g/mol. The van der Waals surface area contributed by atoms with E-state index in [0.717, 1.165) is 12.2 Å². The number of benzene rings is 3. The monoisotopic (exact) mass is 868 g/mol. The van der Waals surface area contributed by atoms with E-state index in [2.05, 4.69) is 37.2 Å². The first-order valence-corrected chi connectivity index (χ1v) is 20.3. The van der Waals surface area contributed by atoms with Gasteiger partial charge in [0.25, 0.3) is 0 Å². The topological polar surface area (TPSA) is 284 Å². The van der Waals surface area contributed by atoms with Gasteiger partial charge in [-0.3, -0.25) is 38.4 Å². The van der Waals surface area contributed by atoms with Gasteiger partial charge in [-0.25, -0.2) is 4.79 Å². The van der Waals surface area contributed by atoms with Crippen LogP contribution in [0.3, 0.4) is 0 Å². The van der Waals surface area contributed by atoms with Crippen molar-refractivity contribution in [3.05, 3.63) is 120 Å². The van der Waals surface area contributed by atoms with Crippen LogP contribution in [0.4, 0.5) is 0 Å². The van der Waals surface area contributed by atoms with Crippen LogP contribution in [0, 0.1) is 11.8 Å². The maximum Gasteiger partial charge on any atom is 0.326 e. The van der Waals surface area contributed by atoms with Crippen LogP contribution < -0.4 is 43.0 Å². The lowest BCUT2D eigenvalue weighted by Gasteiger charge is -2.28. The van der Waals surface area contributed by atoms with E-state index in [-0.39, 0.29) is 25.2 Å². The summed E-state index contributed by atoms with van der Waals surface area (Å²) < 4.78 is 0. The highest BCUT2D eigenvalue weighted by atomic mass is 16.4. The molecule has 0 aliphatic heterocycles. The molecule has 0 fully saturated rings. The minimum atomic E-state index is -1.27. The molecule has 0 aromatic heterocycles. The number of rotatable bonds is 24. The fourth-order valence-electron chi connectivity index (χ4n) is 6.12. The quantitative estimate of drug-likeness (QED) is 0.0535. The number of carbonyl (C=O) groups is 9. The van der Waals surface area contributed by atoms with Crippen LogP contribution in [-0.4, -0.2) is 102 Å². The van der Waals surface area contributed by atoms with Crippen molar-refractivity contribution in [2.75, 3.05) is 13.1 Å². The number of carbonyl (C=O) groups excluding carboxylic acids is 8. The zero-order valence-electron chi connectivity index (χ0n) is 35.6. The van der Waals surface area contributed by atoms with Crippen LogP contribution in [-0.2, 0) is 62.4 Å². The molecule has 0 aliphatic carbocycles. The lowest BCUT2D eigenvalue weighted by atomic mass is 9.98. The molecule has 3 aromatic rings. The summed E-state index contributed by atoms with van der Waals surface area (Å²) in [7, 11) is 0. The third kappa shape index (κ3) is 18.0. The van der Waals surface area contributed by atoms with E-state index in [1.54, 1.807) is 119 Å². The highest BCUT2D eigenvalue weighted by Crippen LogP contribution is 2.11. The molecule has 5 atom stereocenters. The number of carboxylic acids is 1. The summed E-state index contributed by atoms with van der Waals surface area (Å²) in [5.41, 5.74) is 7.52. The molecule has 63 heavy (non-hydrogen) atoms. The summed E-state index contributed by atoms with van der Waals surface area (Å²) in [5, 5.41) is 27.0. The fraction of sp³-hybridized carbons (Fsp3) is 0.356. The molecule has 8 amide bonds. The van der Waals surface area contributed by atoms with Crippen molar-refractivity contribution in [1.29, 1.82) is 0 Å². The Balaban J connectivity index is 1.66. The van der Waals surface area contributed by atoms with Gasteiger partial charge in [-0.05, 0) is 28.5 Å². The maximum absolute atomic E-state index is 14.0. The fourth-order valence-corrected chi connectivity index (χ4v) is 6.12. The molecule has 18 nitrogen and oxygen atoms in total. The molecule has 3 rings (SSSR count). The summed E-state index contributed by atoms with van der Waals surface area (Å²) >= 11 is 0. The predicted molar refractivity (Wildman–Crippen MR) is 232 cm³/mol. The van der Waals surface area contributed by atoms with Gasteiger partial charge in [0.15, 0.2) is 0 Å². The Morgan fingerprint density at radius 1 is 0.492 bits per heavy atom. The first kappa shape index (κ1) is 50.0. The average Bonchev–Trinajstić information content (AvgIpc) is 3.25. The molecule has 0 saturated carbocycles. The standard InChI is InChI=1S/C45H56N8O10/c1-27(2)39(41(46)58)52-44(61)40(28(3)4)53-43(60)33(23-30-16-10-6-11-17-30)51-42(59)32(22-29-14-8-5-9-15-29)49-36(55)21-20-35(54)47-25-37(56)48-26-38(57)50-34(45(62)63)24-31-18-12-7-13-19-31/h5-21,27-28,32-34,39-40H,22-26H2,1-4H3,(H2,46,58)(H,47,54)(H,48,56)(H,49,55)(H,50,57)(H,51,59)(H,52,61)(H,53,60)(H,62,63)/b21-20+/t32-,33-,34-,39-,40-/m0/s1. The summed E-state index contributed by atoms with van der Waals surface area (Å²) in [6.07, 6.45) is 1.69. The maximum atomic E-state index is 14.0. The molecular formula is C45H56N8O10. The predicted octanol–water partition coefficient (Wildman–Crippen LogP) is -0.191. The van der Waals surface area contributed by atoms with Gasteiger partial charge < -0.3 is 48.1 Å². The lowest BCUT2D eigenvalue weighted by Crippen LogP contribution is -2.60. The number of carboxylic acid groups (broad SMARTS) is 1. The Kier molecular flexibility index (Phi) is 20.2. The van der Waals surface area contributed by atoms with Crippen molar-refractivity contribution >= 4 is 53.2 Å². The molecule has 0 saturated heterocycles. The van der Waals surface area contributed by atoms with Crippen molar-refractivity contribution in [3.8, 4) is 0 Å². The van der Waals surface area contributed by atoms with Crippen LogP contribution in [0.15, 0.2) is 103 Å². The smallest absolute Gasteiger partial charge is 0.326 e. The van der Waals surface area contributed by atoms with E-state index in [1.165, 1.54) is 0 Å². The van der Waals surface area contributed by atoms with Crippen LogP contribution in [0.1, 0.15) is 44.4 Å². The Bertz CT molecular complexity index is 2080. The highest BCUT2D eigenvalue weighted by molar-refractivity contribution is 6.00. The molecule has 10 N–H and O–H groups in total. The summed E-state index contributed by atoms with van der Waals surface area (Å²) in [4.78, 5) is 115. The van der Waals surface area contributed by atoms with Crippen molar-refractivity contribution in [2.45, 2.75) is 77.2 Å². The number of hydrogen-bond donors (Lipinski definition) is 9. The molecular weight excluding hydrogens is 813 g/mol. The van der Waals surface area contributed by atoms with Crippen LogP contribution in [0.5, 0.6) is 0 Å². The van der Waals surface area contributed by atoms with E-state index < -0.39 is 102 Å². The van der Waals surface area contributed by atoms with Gasteiger partial charge >= 0.3 is 5.97 Å². The Morgan fingerprint density at radius 2 is 0.905 bits per heavy atom. The van der Waals surface area contributed by atoms with Crippen molar-refractivity contribution in [3.63, 3.8) is 0 Å². The summed E-state index contributed by atoms with van der Waals surface area (Å²) in [5.74, 6) is -8.12. The SMILES string of the molecule is CC(C)[C@H](NC(=O)[C@@H](NC(=O)[C@H](Cc1ccccc1)NC(=O)[C@H](Cc1ccccc1)NC(=O)/C=C/C(=O)NCC(=O)NCC(=O)N[C@@H](Cc1ccccc1)C(=O)O)C(C)C)C(N)=O. The molecule has 18 heteroatoms. The van der Waals surface area contributed by atoms with Crippen LogP contribution >= 0.6 is 0 Å². The van der Waals surface area contributed by atoms with Gasteiger partial charge in [0.2, 0.25) is 47.3 Å². The van der Waals surface area contributed by atoms with Crippen molar-refractivity contribution in [2.24, 2.45) is 17.6 Å². The first-order valence-electron chi connectivity index (χ1n) is 20.3. The number of aliphatic carboxylic acids is 1. The summed E-state index contributed by atoms with van der Waals surface area (Å²) in [6, 6.07) is 20.3. The largest absolute Gasteiger partial charge is 0.480 e. The minimum absolute atomic E-state index is 0.00217. The second kappa shape index (κ2) is 25.4. The molecule has 0 radical (unpaired) electrons. The van der Waals surface area contributed by atoms with Gasteiger partial charge in [0.05, 0.1) is 13.1 Å². The molecule has 0 bridgehead atoms. The number of nitrogens with two attached hydrogens (primary N) is 1. The lowest BCUT2D eigenvalue weighted by molar-refractivity contribution is -0.141. The second-order valence-electron chi connectivity index (χ2n) is 15.3. The molecule has 3 aromatic carbocycles. The van der Waals surface area contributed by atoms with Crippen molar-refractivity contribution < 1.29 is 48.3 Å². The third-order valence-corrected chi connectivity index (χ3v) is 9.52. The number of nitrogens with one attached hydrogen (secondary N) is 7.